The summed E-state index contributed by atoms with van der Waals surface area (Å²) < 4.78 is 0. The highest BCUT2D eigenvalue weighted by Gasteiger charge is 2.20. The Labute approximate surface area is 135 Å². The number of phenolic OH excluding ortho intramolecular Hbond substituents is 1. The van der Waals surface area contributed by atoms with Crippen molar-refractivity contribution in [1.29, 1.82) is 0 Å². The molecule has 7 heteroatoms. The molecular formula is C17H13NO6. The Bertz CT molecular complexity index is 1000. The number of hydrogen-bond acceptors (Lipinski definition) is 4. The first-order valence-corrected chi connectivity index (χ1v) is 6.95. The number of aryl methyl sites for hydroxylation is 1. The third kappa shape index (κ3) is 2.23. The maximum atomic E-state index is 11.3. The van der Waals surface area contributed by atoms with Crippen molar-refractivity contribution in [1.82, 2.24) is 4.98 Å². The fourth-order valence-electron chi connectivity index (χ4n) is 2.75. The van der Waals surface area contributed by atoms with Gasteiger partial charge in [0, 0.05) is 10.9 Å². The SMILES string of the molecule is Cc1c(-c2cc(O)c(C(=O)O)cc2O)[nH]c2c(C(=O)O)cccc12. The predicted molar refractivity (Wildman–Crippen MR) is 85.7 cm³/mol. The second kappa shape index (κ2) is 5.31. The van der Waals surface area contributed by atoms with Gasteiger partial charge in [-0.05, 0) is 30.7 Å². The Balaban J connectivity index is 2.30. The van der Waals surface area contributed by atoms with Crippen LogP contribution in [0.3, 0.4) is 0 Å². The van der Waals surface area contributed by atoms with Crippen LogP contribution < -0.4 is 0 Å². The topological polar surface area (TPSA) is 131 Å². The molecule has 5 N–H and O–H groups in total. The van der Waals surface area contributed by atoms with Crippen molar-refractivity contribution in [3.63, 3.8) is 0 Å². The number of carboxylic acid groups (broad SMARTS) is 2. The minimum absolute atomic E-state index is 0.0766. The molecule has 0 amide bonds. The van der Waals surface area contributed by atoms with Gasteiger partial charge in [0.2, 0.25) is 0 Å². The van der Waals surface area contributed by atoms with E-state index in [9.17, 15) is 24.9 Å². The lowest BCUT2D eigenvalue weighted by Crippen LogP contribution is -1.97. The van der Waals surface area contributed by atoms with Crippen molar-refractivity contribution in [2.45, 2.75) is 6.92 Å². The molecule has 0 atom stereocenters. The molecule has 24 heavy (non-hydrogen) atoms. The van der Waals surface area contributed by atoms with E-state index in [-0.39, 0.29) is 16.9 Å². The van der Waals surface area contributed by atoms with E-state index in [1.807, 2.05) is 0 Å². The third-order valence-electron chi connectivity index (χ3n) is 3.94. The minimum atomic E-state index is -1.36. The molecule has 3 rings (SSSR count). The summed E-state index contributed by atoms with van der Waals surface area (Å²) in [6, 6.07) is 6.89. The van der Waals surface area contributed by atoms with E-state index in [1.165, 1.54) is 6.07 Å². The number of aromatic nitrogens is 1. The minimum Gasteiger partial charge on any atom is -0.507 e. The lowest BCUT2D eigenvalue weighted by molar-refractivity contribution is 0.0684. The Morgan fingerprint density at radius 2 is 1.62 bits per heavy atom. The van der Waals surface area contributed by atoms with Gasteiger partial charge >= 0.3 is 11.9 Å². The normalized spacial score (nSPS) is 10.9. The van der Waals surface area contributed by atoms with Gasteiger partial charge in [-0.1, -0.05) is 12.1 Å². The Hall–Kier alpha value is -3.48. The highest BCUT2D eigenvalue weighted by Crippen LogP contribution is 2.39. The van der Waals surface area contributed by atoms with E-state index in [0.29, 0.717) is 22.2 Å². The van der Waals surface area contributed by atoms with E-state index in [0.717, 1.165) is 12.1 Å². The number of carboxylic acids is 2. The summed E-state index contributed by atoms with van der Waals surface area (Å²) in [4.78, 5) is 25.3. The van der Waals surface area contributed by atoms with Crippen molar-refractivity contribution < 1.29 is 30.0 Å². The Morgan fingerprint density at radius 1 is 0.958 bits per heavy atom. The number of para-hydroxylation sites is 1. The maximum Gasteiger partial charge on any atom is 0.339 e. The number of aromatic hydroxyl groups is 2. The zero-order valence-corrected chi connectivity index (χ0v) is 12.5. The summed E-state index contributed by atoms with van der Waals surface area (Å²) >= 11 is 0. The molecule has 0 aliphatic heterocycles. The number of H-pyrrole nitrogens is 1. The molecule has 0 radical (unpaired) electrons. The van der Waals surface area contributed by atoms with Crippen molar-refractivity contribution in [2.24, 2.45) is 0 Å². The molecule has 0 aliphatic rings. The molecule has 0 spiro atoms. The number of nitrogens with one attached hydrogen (secondary N) is 1. The zero-order chi connectivity index (χ0) is 17.6. The molecule has 1 heterocycles. The molecule has 0 saturated heterocycles. The quantitative estimate of drug-likeness (QED) is 0.470. The van der Waals surface area contributed by atoms with Gasteiger partial charge in [-0.25, -0.2) is 9.59 Å². The smallest absolute Gasteiger partial charge is 0.339 e. The van der Waals surface area contributed by atoms with Gasteiger partial charge in [-0.15, -0.1) is 0 Å². The molecule has 0 bridgehead atoms. The second-order valence-electron chi connectivity index (χ2n) is 5.35. The summed E-state index contributed by atoms with van der Waals surface area (Å²) in [7, 11) is 0. The van der Waals surface area contributed by atoms with Crippen molar-refractivity contribution in [2.75, 3.05) is 0 Å². The molecule has 2 aromatic carbocycles. The first-order valence-electron chi connectivity index (χ1n) is 6.95. The van der Waals surface area contributed by atoms with Gasteiger partial charge in [0.1, 0.15) is 17.1 Å². The van der Waals surface area contributed by atoms with Crippen LogP contribution in [0.25, 0.3) is 22.2 Å². The van der Waals surface area contributed by atoms with E-state index >= 15 is 0 Å². The van der Waals surface area contributed by atoms with Gasteiger partial charge in [0.15, 0.2) is 0 Å². The van der Waals surface area contributed by atoms with Crippen LogP contribution in [0.2, 0.25) is 0 Å². The van der Waals surface area contributed by atoms with E-state index in [2.05, 4.69) is 4.98 Å². The molecule has 0 unspecified atom stereocenters. The highest BCUT2D eigenvalue weighted by atomic mass is 16.4. The summed E-state index contributed by atoms with van der Waals surface area (Å²) in [5.41, 5.74) is 1.31. The number of aromatic amines is 1. The summed E-state index contributed by atoms with van der Waals surface area (Å²) in [6.45, 7) is 1.74. The highest BCUT2D eigenvalue weighted by molar-refractivity contribution is 6.05. The number of phenols is 2. The van der Waals surface area contributed by atoms with Crippen molar-refractivity contribution in [3.8, 4) is 22.8 Å². The molecule has 0 saturated carbocycles. The van der Waals surface area contributed by atoms with E-state index in [1.54, 1.807) is 19.1 Å². The summed E-state index contributed by atoms with van der Waals surface area (Å²) in [5, 5.41) is 38.9. The zero-order valence-electron chi connectivity index (χ0n) is 12.5. The number of carbonyl (C=O) groups is 2. The second-order valence-corrected chi connectivity index (χ2v) is 5.35. The monoisotopic (exact) mass is 327 g/mol. The van der Waals surface area contributed by atoms with Crippen LogP contribution in [0.4, 0.5) is 0 Å². The number of fused-ring (bicyclic) bond motifs is 1. The van der Waals surface area contributed by atoms with Crippen LogP contribution >= 0.6 is 0 Å². The molecule has 0 aliphatic carbocycles. The predicted octanol–water partition coefficient (Wildman–Crippen LogP) is 2.95. The molecule has 122 valence electrons. The van der Waals surface area contributed by atoms with Gasteiger partial charge < -0.3 is 25.4 Å². The van der Waals surface area contributed by atoms with Crippen LogP contribution in [0.5, 0.6) is 11.5 Å². The standard InChI is InChI=1S/C17H13NO6/c1-7-8-3-2-4-9(16(21)22)15(8)18-14(7)10-5-13(20)11(17(23)24)6-12(10)19/h2-6,18-20H,1H3,(H,21,22)(H,23,24). The molecule has 7 nitrogen and oxygen atoms in total. The largest absolute Gasteiger partial charge is 0.507 e. The average molecular weight is 327 g/mol. The molecule has 1 aromatic heterocycles. The molecular weight excluding hydrogens is 314 g/mol. The van der Waals surface area contributed by atoms with Crippen LogP contribution in [-0.2, 0) is 0 Å². The van der Waals surface area contributed by atoms with Crippen molar-refractivity contribution in [3.05, 3.63) is 47.0 Å². The van der Waals surface area contributed by atoms with Gasteiger partial charge in [0.05, 0.1) is 16.8 Å². The number of rotatable bonds is 3. The van der Waals surface area contributed by atoms with Crippen LogP contribution in [0.1, 0.15) is 26.3 Å². The van der Waals surface area contributed by atoms with E-state index < -0.39 is 23.3 Å². The number of aromatic carboxylic acids is 2. The van der Waals surface area contributed by atoms with Crippen LogP contribution in [0, 0.1) is 6.92 Å². The molecule has 0 fully saturated rings. The fraction of sp³-hybridized carbons (Fsp3) is 0.0588. The Kier molecular flexibility index (Phi) is 3.41. The lowest BCUT2D eigenvalue weighted by atomic mass is 10.0. The van der Waals surface area contributed by atoms with Gasteiger partial charge in [0.25, 0.3) is 0 Å². The van der Waals surface area contributed by atoms with Crippen molar-refractivity contribution >= 4 is 22.8 Å². The van der Waals surface area contributed by atoms with Crippen LogP contribution in [0.15, 0.2) is 30.3 Å². The first-order chi connectivity index (χ1) is 11.3. The number of hydrogen-bond donors (Lipinski definition) is 5. The third-order valence-corrected chi connectivity index (χ3v) is 3.94. The number of benzene rings is 2. The average Bonchev–Trinajstić information content (AvgIpc) is 2.86. The maximum absolute atomic E-state index is 11.3. The lowest BCUT2D eigenvalue weighted by Gasteiger charge is -2.07. The summed E-state index contributed by atoms with van der Waals surface area (Å²) in [5.74, 6) is -3.29. The fourth-order valence-corrected chi connectivity index (χ4v) is 2.75. The molecule has 3 aromatic rings. The van der Waals surface area contributed by atoms with Gasteiger partial charge in [-0.2, -0.15) is 0 Å². The Morgan fingerprint density at radius 3 is 2.25 bits per heavy atom. The van der Waals surface area contributed by atoms with Gasteiger partial charge in [-0.3, -0.25) is 0 Å². The first kappa shape index (κ1) is 15.4. The van der Waals surface area contributed by atoms with Crippen LogP contribution in [-0.4, -0.2) is 37.3 Å². The summed E-state index contributed by atoms with van der Waals surface area (Å²) in [6.07, 6.45) is 0. The van der Waals surface area contributed by atoms with E-state index in [4.69, 9.17) is 5.11 Å².